The number of fused-ring (bicyclic) bond motifs is 1. The summed E-state index contributed by atoms with van der Waals surface area (Å²) >= 11 is 5.41. The number of halogens is 1. The van der Waals surface area contributed by atoms with E-state index < -0.39 is 28.7 Å². The van der Waals surface area contributed by atoms with Crippen LogP contribution in [0.5, 0.6) is 0 Å². The van der Waals surface area contributed by atoms with Crippen molar-refractivity contribution >= 4 is 45.5 Å². The molecule has 3 fully saturated rings. The average Bonchev–Trinajstić information content (AvgIpc) is 3.47. The van der Waals surface area contributed by atoms with Crippen molar-refractivity contribution < 1.29 is 24.2 Å². The predicted octanol–water partition coefficient (Wildman–Crippen LogP) is 4.57. The van der Waals surface area contributed by atoms with Crippen LogP contribution in [-0.2, 0) is 19.1 Å². The number of hydrogen-bond donors (Lipinski definition) is 1. The van der Waals surface area contributed by atoms with Gasteiger partial charge in [0.2, 0.25) is 11.8 Å². The lowest BCUT2D eigenvalue weighted by atomic mass is 9.71. The lowest BCUT2D eigenvalue weighted by molar-refractivity contribution is -0.154. The van der Waals surface area contributed by atoms with Gasteiger partial charge in [-0.1, -0.05) is 61.7 Å². The number of amides is 2. The van der Waals surface area contributed by atoms with Crippen LogP contribution in [0.2, 0.25) is 0 Å². The first-order valence-electron chi connectivity index (χ1n) is 14.1. The van der Waals surface area contributed by atoms with Gasteiger partial charge in [-0.3, -0.25) is 14.4 Å². The molecule has 9 heteroatoms. The summed E-state index contributed by atoms with van der Waals surface area (Å²) in [5.41, 5.74) is 0. The summed E-state index contributed by atoms with van der Waals surface area (Å²) in [6, 6.07) is -1.23. The maximum absolute atomic E-state index is 14.4. The molecule has 1 N–H and O–H groups in total. The Kier molecular flexibility index (Phi) is 11.4. The summed E-state index contributed by atoms with van der Waals surface area (Å²) in [5.74, 6) is -1.71. The van der Waals surface area contributed by atoms with Crippen molar-refractivity contribution in [2.45, 2.75) is 92.6 Å². The van der Waals surface area contributed by atoms with Crippen molar-refractivity contribution in [1.82, 2.24) is 9.80 Å². The third kappa shape index (κ3) is 6.04. The maximum atomic E-state index is 14.4. The van der Waals surface area contributed by atoms with Gasteiger partial charge in [0, 0.05) is 23.2 Å². The number of aliphatic hydroxyl groups excluding tert-OH is 1. The molecule has 1 spiro atoms. The van der Waals surface area contributed by atoms with Crippen LogP contribution in [0, 0.1) is 17.8 Å². The zero-order chi connectivity index (χ0) is 28.0. The lowest BCUT2D eigenvalue weighted by Crippen LogP contribution is -2.58. The fourth-order valence-electron chi connectivity index (χ4n) is 6.50. The highest BCUT2D eigenvalue weighted by Crippen LogP contribution is 2.68. The SMILES string of the molecule is C=CCCCOC(=O)[C@H]1[C@@H]2SC3(CC2Br)C(C(=O)N(CC=C)CCCCC)N([C@@H](CO)CC(C)C)C(=O)[C@H]13. The number of nitrogens with zero attached hydrogens (tertiary/aromatic N) is 2. The highest BCUT2D eigenvalue weighted by Gasteiger charge is 2.76. The Hall–Kier alpha value is -1.32. The molecule has 38 heavy (non-hydrogen) atoms. The maximum Gasteiger partial charge on any atom is 0.310 e. The van der Waals surface area contributed by atoms with Gasteiger partial charge in [-0.15, -0.1) is 24.9 Å². The molecule has 0 saturated carbocycles. The largest absolute Gasteiger partial charge is 0.465 e. The summed E-state index contributed by atoms with van der Waals surface area (Å²) < 4.78 is 4.92. The summed E-state index contributed by atoms with van der Waals surface area (Å²) in [6.07, 6.45) is 9.07. The molecular formula is C29H45BrN2O5S. The molecule has 0 aromatic rings. The fourth-order valence-corrected chi connectivity index (χ4v) is 10.1. The van der Waals surface area contributed by atoms with E-state index in [1.807, 2.05) is 18.7 Å². The molecule has 3 heterocycles. The minimum absolute atomic E-state index is 0.0110. The third-order valence-corrected chi connectivity index (χ3v) is 11.3. The van der Waals surface area contributed by atoms with Crippen molar-refractivity contribution in [1.29, 1.82) is 0 Å². The molecule has 3 aliphatic heterocycles. The number of ether oxygens (including phenoxy) is 1. The number of esters is 1. The second-order valence-corrected chi connectivity index (χ2v) is 14.0. The van der Waals surface area contributed by atoms with Crippen LogP contribution in [-0.4, -0.2) is 85.9 Å². The lowest BCUT2D eigenvalue weighted by Gasteiger charge is -2.40. The standard InChI is InChI=1S/C29H45BrN2O5S/c1-6-9-11-14-31(13-8-3)27(35)25-29-17-21(30)24(38-29)22(28(36)37-15-12-10-7-2)23(29)26(34)32(25)20(18-33)16-19(4)5/h7-8,19-25,33H,2-3,6,9-18H2,1,4-5H3/t20-,21?,22-,23+,24-,25?,29?/m1/s1. The topological polar surface area (TPSA) is 87.2 Å². The molecule has 7 nitrogen and oxygen atoms in total. The van der Waals surface area contributed by atoms with Gasteiger partial charge in [0.05, 0.1) is 35.8 Å². The highest BCUT2D eigenvalue weighted by molar-refractivity contribution is 9.09. The molecule has 214 valence electrons. The number of alkyl halides is 1. The summed E-state index contributed by atoms with van der Waals surface area (Å²) in [5, 5.41) is 10.3. The van der Waals surface area contributed by atoms with Gasteiger partial charge in [-0.05, 0) is 38.0 Å². The number of thioether (sulfide) groups is 1. The van der Waals surface area contributed by atoms with Crippen molar-refractivity contribution in [2.24, 2.45) is 17.8 Å². The van der Waals surface area contributed by atoms with Crippen LogP contribution >= 0.6 is 27.7 Å². The van der Waals surface area contributed by atoms with Crippen LogP contribution in [0.1, 0.15) is 65.7 Å². The molecule has 0 radical (unpaired) electrons. The van der Waals surface area contributed by atoms with Crippen molar-refractivity contribution in [3.63, 3.8) is 0 Å². The summed E-state index contributed by atoms with van der Waals surface area (Å²) in [6.45, 7) is 14.8. The number of carbonyl (C=O) groups is 3. The van der Waals surface area contributed by atoms with E-state index in [1.165, 1.54) is 0 Å². The molecule has 3 unspecified atom stereocenters. The van der Waals surface area contributed by atoms with E-state index in [-0.39, 0.29) is 47.0 Å². The van der Waals surface area contributed by atoms with Gasteiger partial charge in [-0.25, -0.2) is 0 Å². The summed E-state index contributed by atoms with van der Waals surface area (Å²) in [7, 11) is 0. The first-order chi connectivity index (χ1) is 18.2. The van der Waals surface area contributed by atoms with E-state index in [2.05, 4.69) is 36.0 Å². The molecule has 2 amide bonds. The second kappa shape index (κ2) is 13.8. The van der Waals surface area contributed by atoms with Gasteiger partial charge < -0.3 is 19.6 Å². The Balaban J connectivity index is 2.02. The quantitative estimate of drug-likeness (QED) is 0.119. The third-order valence-electron chi connectivity index (χ3n) is 8.07. The van der Waals surface area contributed by atoms with Crippen LogP contribution in [0.15, 0.2) is 25.3 Å². The zero-order valence-electron chi connectivity index (χ0n) is 23.1. The Morgan fingerprint density at radius 2 is 2.03 bits per heavy atom. The zero-order valence-corrected chi connectivity index (χ0v) is 25.6. The van der Waals surface area contributed by atoms with E-state index in [1.54, 1.807) is 28.8 Å². The first-order valence-corrected chi connectivity index (χ1v) is 15.9. The van der Waals surface area contributed by atoms with Crippen LogP contribution < -0.4 is 0 Å². The van der Waals surface area contributed by atoms with Gasteiger partial charge in [0.25, 0.3) is 0 Å². The molecular weight excluding hydrogens is 568 g/mol. The number of likely N-dealkylation sites (tertiary alicyclic amines) is 1. The van der Waals surface area contributed by atoms with E-state index >= 15 is 0 Å². The molecule has 7 atom stereocenters. The van der Waals surface area contributed by atoms with E-state index in [4.69, 9.17) is 4.74 Å². The number of carbonyl (C=O) groups excluding carboxylic acids is 3. The molecule has 0 aliphatic carbocycles. The van der Waals surface area contributed by atoms with Gasteiger partial charge in [0.15, 0.2) is 0 Å². The van der Waals surface area contributed by atoms with E-state index in [9.17, 15) is 19.5 Å². The number of rotatable bonds is 16. The van der Waals surface area contributed by atoms with Crippen molar-refractivity contribution in [2.75, 3.05) is 26.3 Å². The van der Waals surface area contributed by atoms with E-state index in [0.717, 1.165) is 25.7 Å². The smallest absolute Gasteiger partial charge is 0.310 e. The minimum atomic E-state index is -0.744. The van der Waals surface area contributed by atoms with Gasteiger partial charge >= 0.3 is 5.97 Å². The van der Waals surface area contributed by atoms with Gasteiger partial charge in [0.1, 0.15) is 6.04 Å². The van der Waals surface area contributed by atoms with Crippen molar-refractivity contribution in [3.8, 4) is 0 Å². The minimum Gasteiger partial charge on any atom is -0.465 e. The van der Waals surface area contributed by atoms with Gasteiger partial charge in [-0.2, -0.15) is 0 Å². The molecule has 0 aromatic carbocycles. The Labute approximate surface area is 240 Å². The number of unbranched alkanes of at least 4 members (excludes halogenated alkanes) is 3. The molecule has 3 rings (SSSR count). The normalized spacial score (nSPS) is 30.4. The molecule has 0 aromatic heterocycles. The van der Waals surface area contributed by atoms with Crippen LogP contribution in [0.4, 0.5) is 0 Å². The number of hydrogen-bond acceptors (Lipinski definition) is 6. The monoisotopic (exact) mass is 612 g/mol. The van der Waals surface area contributed by atoms with Crippen LogP contribution in [0.3, 0.4) is 0 Å². The predicted molar refractivity (Wildman–Crippen MR) is 156 cm³/mol. The average molecular weight is 614 g/mol. The Morgan fingerprint density at radius 3 is 2.63 bits per heavy atom. The molecule has 3 saturated heterocycles. The second-order valence-electron chi connectivity index (χ2n) is 11.3. The summed E-state index contributed by atoms with van der Waals surface area (Å²) in [4.78, 5) is 45.6. The molecule has 2 bridgehead atoms. The van der Waals surface area contributed by atoms with Crippen LogP contribution in [0.25, 0.3) is 0 Å². The highest BCUT2D eigenvalue weighted by atomic mass is 79.9. The fraction of sp³-hybridized carbons (Fsp3) is 0.759. The number of aliphatic hydroxyl groups is 1. The first kappa shape index (κ1) is 31.2. The van der Waals surface area contributed by atoms with Crippen molar-refractivity contribution in [3.05, 3.63) is 25.3 Å². The van der Waals surface area contributed by atoms with E-state index in [0.29, 0.717) is 32.4 Å². The number of allylic oxidation sites excluding steroid dienone is 1. The Bertz CT molecular complexity index is 885. The Morgan fingerprint density at radius 1 is 1.29 bits per heavy atom. The molecule has 3 aliphatic rings.